The zero-order valence-corrected chi connectivity index (χ0v) is 17.0. The molecule has 5 rings (SSSR count). The molecule has 0 bridgehead atoms. The van der Waals surface area contributed by atoms with E-state index in [2.05, 4.69) is 25.2 Å². The Balaban J connectivity index is 1.41. The summed E-state index contributed by atoms with van der Waals surface area (Å²) in [4.78, 5) is 25.2. The van der Waals surface area contributed by atoms with Gasteiger partial charge in [0.15, 0.2) is 0 Å². The number of nitrogens with one attached hydrogen (secondary N) is 1. The van der Waals surface area contributed by atoms with Gasteiger partial charge in [-0.05, 0) is 80.6 Å². The van der Waals surface area contributed by atoms with Crippen molar-refractivity contribution in [3.05, 3.63) is 12.2 Å². The lowest BCUT2D eigenvalue weighted by Crippen LogP contribution is -2.59. The molecule has 7 atom stereocenters. The Labute approximate surface area is 163 Å². The van der Waals surface area contributed by atoms with E-state index in [0.717, 1.165) is 31.6 Å². The topological polar surface area (TPSA) is 46.2 Å². The maximum atomic E-state index is 13.3. The molecule has 5 aliphatic rings. The molecule has 148 valence electrons. The van der Waals surface area contributed by atoms with Crippen LogP contribution in [0.15, 0.2) is 12.2 Å². The Morgan fingerprint density at radius 3 is 2.56 bits per heavy atom. The highest BCUT2D eigenvalue weighted by molar-refractivity contribution is 5.89. The maximum Gasteiger partial charge on any atom is 0.243 e. The van der Waals surface area contributed by atoms with E-state index in [1.165, 1.54) is 38.5 Å². The Morgan fingerprint density at radius 2 is 1.78 bits per heavy atom. The monoisotopic (exact) mass is 369 g/mol. The van der Waals surface area contributed by atoms with E-state index in [-0.39, 0.29) is 16.7 Å². The molecule has 4 fully saturated rings. The van der Waals surface area contributed by atoms with Crippen molar-refractivity contribution in [2.45, 2.75) is 84.1 Å². The number of Topliss-reactive ketones (excluding diaryl/α,β-unsaturated/α-hetero) is 1. The van der Waals surface area contributed by atoms with Crippen molar-refractivity contribution >= 4 is 11.7 Å². The first-order valence-corrected chi connectivity index (χ1v) is 11.5. The lowest BCUT2D eigenvalue weighted by molar-refractivity contribution is -0.135. The molecule has 1 heterocycles. The molecule has 0 spiro atoms. The van der Waals surface area contributed by atoms with Gasteiger partial charge in [0, 0.05) is 23.3 Å². The summed E-state index contributed by atoms with van der Waals surface area (Å²) in [7, 11) is 0. The van der Waals surface area contributed by atoms with E-state index in [4.69, 9.17) is 0 Å². The number of hydrogen-bond donors (Lipinski definition) is 1. The fourth-order valence-corrected chi connectivity index (χ4v) is 8.30. The molecule has 1 amide bonds. The summed E-state index contributed by atoms with van der Waals surface area (Å²) < 4.78 is 0. The average Bonchev–Trinajstić information content (AvgIpc) is 3.29. The fraction of sp³-hybridized carbons (Fsp3) is 0.833. The highest BCUT2D eigenvalue weighted by Gasteiger charge is 2.61. The lowest BCUT2D eigenvalue weighted by atomic mass is 9.47. The minimum absolute atomic E-state index is 0.0830. The van der Waals surface area contributed by atoms with Crippen LogP contribution in [0.2, 0.25) is 0 Å². The molecule has 2 unspecified atom stereocenters. The van der Waals surface area contributed by atoms with Gasteiger partial charge >= 0.3 is 0 Å². The third kappa shape index (κ3) is 2.52. The van der Waals surface area contributed by atoms with Gasteiger partial charge in [-0.25, -0.2) is 0 Å². The lowest BCUT2D eigenvalue weighted by Gasteiger charge is -2.58. The molecular formula is C24H35NO2. The van der Waals surface area contributed by atoms with E-state index in [9.17, 15) is 9.59 Å². The zero-order valence-electron chi connectivity index (χ0n) is 17.0. The van der Waals surface area contributed by atoms with Crippen molar-refractivity contribution in [1.29, 1.82) is 0 Å². The molecule has 3 heteroatoms. The van der Waals surface area contributed by atoms with Crippen LogP contribution in [0, 0.1) is 40.4 Å². The highest BCUT2D eigenvalue weighted by atomic mass is 16.1. The molecule has 0 saturated heterocycles. The van der Waals surface area contributed by atoms with E-state index in [1.54, 1.807) is 6.08 Å². The molecule has 0 aromatic heterocycles. The minimum Gasteiger partial charge on any atom is -0.349 e. The van der Waals surface area contributed by atoms with E-state index in [1.807, 2.05) is 0 Å². The first-order valence-electron chi connectivity index (χ1n) is 11.5. The van der Waals surface area contributed by atoms with Gasteiger partial charge in [-0.15, -0.1) is 0 Å². The Hall–Kier alpha value is -1.12. The highest BCUT2D eigenvalue weighted by Crippen LogP contribution is 2.65. The number of fused-ring (bicyclic) bond motifs is 5. The minimum atomic E-state index is 0.0830. The van der Waals surface area contributed by atoms with Crippen molar-refractivity contribution in [3.8, 4) is 0 Å². The van der Waals surface area contributed by atoms with Crippen LogP contribution in [0.3, 0.4) is 0 Å². The number of rotatable bonds is 2. The van der Waals surface area contributed by atoms with Crippen LogP contribution in [0.4, 0.5) is 0 Å². The van der Waals surface area contributed by atoms with E-state index in [0.29, 0.717) is 35.5 Å². The van der Waals surface area contributed by atoms with Gasteiger partial charge in [0.2, 0.25) is 5.91 Å². The summed E-state index contributed by atoms with van der Waals surface area (Å²) in [5.41, 5.74) is 0.331. The molecular weight excluding hydrogens is 334 g/mol. The van der Waals surface area contributed by atoms with Gasteiger partial charge in [-0.3, -0.25) is 9.59 Å². The largest absolute Gasteiger partial charge is 0.349 e. The zero-order chi connectivity index (χ0) is 18.8. The number of hydrogen-bond acceptors (Lipinski definition) is 2. The predicted octanol–water partition coefficient (Wildman–Crippen LogP) is 4.66. The summed E-state index contributed by atoms with van der Waals surface area (Å²) in [5.74, 6) is 3.49. The van der Waals surface area contributed by atoms with Gasteiger partial charge < -0.3 is 5.32 Å². The second-order valence-electron chi connectivity index (χ2n) is 10.8. The molecule has 1 N–H and O–H groups in total. The standard InChI is InChI=1S/C24H35NO2/c1-23-13-11-18-16(7-10-20-24(18,2)14-12-21(26)25-20)17(23)8-9-19(23)22(27)15-5-3-4-6-15/h12,14-20H,3-11,13H2,1-2H3,(H,25,26)/t16-,17-,18+,19?,20?,23-,24+/m0/s1. The molecule has 4 saturated carbocycles. The van der Waals surface area contributed by atoms with Gasteiger partial charge in [0.05, 0.1) is 0 Å². The molecule has 0 radical (unpaired) electrons. The average molecular weight is 370 g/mol. The SMILES string of the molecule is C[C@]12C=CC(=O)NC1CC[C@@H]1[C@H]2CC[C@]2(C)C(C(=O)C3CCCC3)CC[C@@H]12. The van der Waals surface area contributed by atoms with Gasteiger partial charge in [0.1, 0.15) is 5.78 Å². The Bertz CT molecular complexity index is 678. The first-order chi connectivity index (χ1) is 12.9. The molecule has 27 heavy (non-hydrogen) atoms. The summed E-state index contributed by atoms with van der Waals surface area (Å²) in [5, 5.41) is 3.25. The molecule has 4 aliphatic carbocycles. The third-order valence-corrected chi connectivity index (χ3v) is 9.79. The van der Waals surface area contributed by atoms with Gasteiger partial charge in [-0.2, -0.15) is 0 Å². The van der Waals surface area contributed by atoms with Crippen LogP contribution >= 0.6 is 0 Å². The Kier molecular flexibility index (Phi) is 4.11. The quantitative estimate of drug-likeness (QED) is 0.769. The molecule has 0 aromatic rings. The first kappa shape index (κ1) is 17.9. The number of amides is 1. The molecule has 1 aliphatic heterocycles. The Morgan fingerprint density at radius 1 is 1.00 bits per heavy atom. The number of carbonyl (C=O) groups excluding carboxylic acids is 2. The van der Waals surface area contributed by atoms with Crippen LogP contribution in [0.1, 0.15) is 78.1 Å². The molecule has 0 aromatic carbocycles. The van der Waals surface area contributed by atoms with Crippen molar-refractivity contribution < 1.29 is 9.59 Å². The van der Waals surface area contributed by atoms with Crippen molar-refractivity contribution in [1.82, 2.24) is 5.32 Å². The third-order valence-electron chi connectivity index (χ3n) is 9.79. The summed E-state index contributed by atoms with van der Waals surface area (Å²) in [6.07, 6.45) is 15.9. The smallest absolute Gasteiger partial charge is 0.243 e. The second kappa shape index (κ2) is 6.19. The number of ketones is 1. The maximum absolute atomic E-state index is 13.3. The van der Waals surface area contributed by atoms with Gasteiger partial charge in [-0.1, -0.05) is 32.8 Å². The number of carbonyl (C=O) groups is 2. The summed E-state index contributed by atoms with van der Waals surface area (Å²) in [6.45, 7) is 4.84. The second-order valence-corrected chi connectivity index (χ2v) is 10.8. The normalized spacial score (nSPS) is 49.3. The van der Waals surface area contributed by atoms with Crippen LogP contribution in [0.5, 0.6) is 0 Å². The van der Waals surface area contributed by atoms with E-state index >= 15 is 0 Å². The van der Waals surface area contributed by atoms with Gasteiger partial charge in [0.25, 0.3) is 0 Å². The summed E-state index contributed by atoms with van der Waals surface area (Å²) in [6, 6.07) is 0.304. The van der Waals surface area contributed by atoms with Crippen molar-refractivity contribution in [2.24, 2.45) is 40.4 Å². The van der Waals surface area contributed by atoms with Crippen LogP contribution in [-0.4, -0.2) is 17.7 Å². The van der Waals surface area contributed by atoms with Crippen LogP contribution in [0.25, 0.3) is 0 Å². The van der Waals surface area contributed by atoms with Crippen LogP contribution < -0.4 is 5.32 Å². The fourth-order valence-electron chi connectivity index (χ4n) is 8.30. The summed E-state index contributed by atoms with van der Waals surface area (Å²) >= 11 is 0. The predicted molar refractivity (Wildman–Crippen MR) is 106 cm³/mol. The van der Waals surface area contributed by atoms with Crippen LogP contribution in [-0.2, 0) is 9.59 Å². The molecule has 3 nitrogen and oxygen atoms in total. The van der Waals surface area contributed by atoms with Crippen molar-refractivity contribution in [3.63, 3.8) is 0 Å². The van der Waals surface area contributed by atoms with Crippen molar-refractivity contribution in [2.75, 3.05) is 0 Å². The van der Waals surface area contributed by atoms with E-state index < -0.39 is 0 Å².